The molecule has 4 nitrogen and oxygen atoms in total. The summed E-state index contributed by atoms with van der Waals surface area (Å²) in [6.45, 7) is 2.09. The van der Waals surface area contributed by atoms with Gasteiger partial charge in [-0.1, -0.05) is 13.0 Å². The van der Waals surface area contributed by atoms with Crippen LogP contribution in [0, 0.1) is 0 Å². The number of aromatic nitrogens is 3. The van der Waals surface area contributed by atoms with Crippen molar-refractivity contribution in [2.45, 2.75) is 36.0 Å². The fraction of sp³-hybridized carbons (Fsp3) is 0.308. The van der Waals surface area contributed by atoms with Crippen molar-refractivity contribution in [3.05, 3.63) is 42.4 Å². The molecular formula is C13H16N4S. The first-order valence-corrected chi connectivity index (χ1v) is 6.75. The van der Waals surface area contributed by atoms with Crippen LogP contribution in [0.1, 0.15) is 18.9 Å². The van der Waals surface area contributed by atoms with E-state index >= 15 is 0 Å². The minimum atomic E-state index is 0.211. The second-order valence-corrected chi connectivity index (χ2v) is 5.00. The molecule has 2 heterocycles. The van der Waals surface area contributed by atoms with Crippen molar-refractivity contribution < 1.29 is 0 Å². The van der Waals surface area contributed by atoms with Crippen molar-refractivity contribution in [1.29, 1.82) is 0 Å². The third kappa shape index (κ3) is 3.78. The van der Waals surface area contributed by atoms with Crippen molar-refractivity contribution in [2.75, 3.05) is 0 Å². The number of nitrogens with two attached hydrogens (primary N) is 1. The van der Waals surface area contributed by atoms with Gasteiger partial charge in [-0.15, -0.1) is 0 Å². The highest BCUT2D eigenvalue weighted by molar-refractivity contribution is 7.99. The van der Waals surface area contributed by atoms with Crippen LogP contribution in [0.3, 0.4) is 0 Å². The molecule has 2 aromatic rings. The van der Waals surface area contributed by atoms with Gasteiger partial charge >= 0.3 is 0 Å². The van der Waals surface area contributed by atoms with E-state index in [2.05, 4.69) is 27.9 Å². The molecule has 2 aromatic heterocycles. The maximum Gasteiger partial charge on any atom is 0.193 e. The Labute approximate surface area is 111 Å². The first-order valence-electron chi connectivity index (χ1n) is 5.93. The first kappa shape index (κ1) is 13.0. The Hall–Kier alpha value is -1.46. The third-order valence-corrected chi connectivity index (χ3v) is 3.40. The molecule has 1 unspecified atom stereocenters. The minimum absolute atomic E-state index is 0.211. The smallest absolute Gasteiger partial charge is 0.193 e. The largest absolute Gasteiger partial charge is 0.327 e. The third-order valence-electron chi connectivity index (χ3n) is 2.56. The van der Waals surface area contributed by atoms with Gasteiger partial charge in [-0.25, -0.2) is 15.0 Å². The van der Waals surface area contributed by atoms with E-state index in [0.717, 1.165) is 17.9 Å². The fourth-order valence-electron chi connectivity index (χ4n) is 1.47. The van der Waals surface area contributed by atoms with Gasteiger partial charge in [-0.2, -0.15) is 0 Å². The number of hydrogen-bond donors (Lipinski definition) is 1. The lowest BCUT2D eigenvalue weighted by Gasteiger charge is -2.08. The van der Waals surface area contributed by atoms with Gasteiger partial charge in [0, 0.05) is 24.6 Å². The van der Waals surface area contributed by atoms with Crippen molar-refractivity contribution in [3.8, 4) is 0 Å². The second-order valence-electron chi connectivity index (χ2n) is 4.01. The van der Waals surface area contributed by atoms with Crippen LogP contribution >= 0.6 is 11.8 Å². The van der Waals surface area contributed by atoms with Gasteiger partial charge in [0.1, 0.15) is 5.03 Å². The van der Waals surface area contributed by atoms with Crippen molar-refractivity contribution in [1.82, 2.24) is 15.0 Å². The van der Waals surface area contributed by atoms with Crippen LogP contribution < -0.4 is 5.73 Å². The van der Waals surface area contributed by atoms with Crippen LogP contribution in [0.2, 0.25) is 0 Å². The van der Waals surface area contributed by atoms with E-state index in [1.54, 1.807) is 18.5 Å². The van der Waals surface area contributed by atoms with Crippen LogP contribution in [-0.4, -0.2) is 21.0 Å². The van der Waals surface area contributed by atoms with E-state index in [1.807, 2.05) is 12.3 Å². The zero-order chi connectivity index (χ0) is 12.8. The van der Waals surface area contributed by atoms with E-state index in [-0.39, 0.29) is 6.04 Å². The molecule has 18 heavy (non-hydrogen) atoms. The van der Waals surface area contributed by atoms with Gasteiger partial charge in [0.05, 0.1) is 0 Å². The summed E-state index contributed by atoms with van der Waals surface area (Å²) in [5.41, 5.74) is 7.08. The lowest BCUT2D eigenvalue weighted by atomic mass is 10.1. The maximum atomic E-state index is 5.91. The molecule has 94 valence electrons. The number of nitrogens with zero attached hydrogens (tertiary/aromatic N) is 3. The molecule has 0 amide bonds. The molecule has 5 heteroatoms. The zero-order valence-electron chi connectivity index (χ0n) is 10.3. The van der Waals surface area contributed by atoms with E-state index in [9.17, 15) is 0 Å². The molecule has 2 rings (SSSR count). The maximum absolute atomic E-state index is 5.91. The van der Waals surface area contributed by atoms with Crippen molar-refractivity contribution in [3.63, 3.8) is 0 Å². The van der Waals surface area contributed by atoms with E-state index in [1.165, 1.54) is 17.3 Å². The van der Waals surface area contributed by atoms with Crippen LogP contribution in [0.4, 0.5) is 0 Å². The first-order chi connectivity index (χ1) is 8.78. The van der Waals surface area contributed by atoms with E-state index in [0.29, 0.717) is 5.16 Å². The zero-order valence-corrected chi connectivity index (χ0v) is 11.1. The summed E-state index contributed by atoms with van der Waals surface area (Å²) in [5, 5.41) is 1.61. The lowest BCUT2D eigenvalue weighted by molar-refractivity contribution is 0.644. The molecule has 0 fully saturated rings. The Morgan fingerprint density at radius 1 is 1.22 bits per heavy atom. The van der Waals surface area contributed by atoms with Gasteiger partial charge in [0.25, 0.3) is 0 Å². The normalized spacial score (nSPS) is 12.3. The lowest BCUT2D eigenvalue weighted by Crippen LogP contribution is -2.21. The molecule has 0 aliphatic rings. The van der Waals surface area contributed by atoms with Gasteiger partial charge < -0.3 is 5.73 Å². The molecule has 0 radical (unpaired) electrons. The second kappa shape index (κ2) is 6.47. The van der Waals surface area contributed by atoms with Gasteiger partial charge in [-0.05, 0) is 42.3 Å². The topological polar surface area (TPSA) is 64.7 Å². The molecule has 1 atom stereocenters. The number of hydrogen-bond acceptors (Lipinski definition) is 5. The SMILES string of the molecule is CCC(N)Cc1ccc(Sc2ncccn2)nc1. The fourth-order valence-corrected chi connectivity index (χ4v) is 2.13. The molecule has 0 spiro atoms. The number of pyridine rings is 1. The van der Waals surface area contributed by atoms with E-state index < -0.39 is 0 Å². The Morgan fingerprint density at radius 2 is 2.00 bits per heavy atom. The average Bonchev–Trinajstić information content (AvgIpc) is 2.42. The molecule has 0 aromatic carbocycles. The van der Waals surface area contributed by atoms with Crippen molar-refractivity contribution in [2.24, 2.45) is 5.73 Å². The Bertz CT molecular complexity index is 472. The summed E-state index contributed by atoms with van der Waals surface area (Å²) in [4.78, 5) is 12.7. The van der Waals surface area contributed by atoms with Crippen LogP contribution in [0.15, 0.2) is 47.0 Å². The molecule has 2 N–H and O–H groups in total. The average molecular weight is 260 g/mol. The summed E-state index contributed by atoms with van der Waals surface area (Å²) in [6.07, 6.45) is 7.18. The highest BCUT2D eigenvalue weighted by Crippen LogP contribution is 2.21. The highest BCUT2D eigenvalue weighted by Gasteiger charge is 2.04. The summed E-state index contributed by atoms with van der Waals surface area (Å²) in [5.74, 6) is 0. The highest BCUT2D eigenvalue weighted by atomic mass is 32.2. The monoisotopic (exact) mass is 260 g/mol. The molecule has 0 saturated carbocycles. The molecule has 0 bridgehead atoms. The van der Waals surface area contributed by atoms with E-state index in [4.69, 9.17) is 5.73 Å². The molecular weight excluding hydrogens is 244 g/mol. The molecule has 0 aliphatic heterocycles. The van der Waals surface area contributed by atoms with Crippen LogP contribution in [0.25, 0.3) is 0 Å². The summed E-state index contributed by atoms with van der Waals surface area (Å²) < 4.78 is 0. The van der Waals surface area contributed by atoms with Gasteiger partial charge in [-0.3, -0.25) is 0 Å². The predicted molar refractivity (Wildman–Crippen MR) is 72.4 cm³/mol. The van der Waals surface area contributed by atoms with Gasteiger partial charge in [0.15, 0.2) is 5.16 Å². The number of rotatable bonds is 5. The summed E-state index contributed by atoms with van der Waals surface area (Å²) in [6, 6.07) is 6.06. The minimum Gasteiger partial charge on any atom is -0.327 e. The van der Waals surface area contributed by atoms with Crippen LogP contribution in [0.5, 0.6) is 0 Å². The predicted octanol–water partition coefficient (Wildman–Crippen LogP) is 2.30. The Morgan fingerprint density at radius 3 is 2.61 bits per heavy atom. The Balaban J connectivity index is 2.00. The Kier molecular flexibility index (Phi) is 4.66. The van der Waals surface area contributed by atoms with Crippen LogP contribution in [-0.2, 0) is 6.42 Å². The molecule has 0 saturated heterocycles. The van der Waals surface area contributed by atoms with Crippen molar-refractivity contribution >= 4 is 11.8 Å². The standard InChI is InChI=1S/C13H16N4S/c1-2-11(14)8-10-4-5-12(17-9-10)18-13-15-6-3-7-16-13/h3-7,9,11H,2,8,14H2,1H3. The quantitative estimate of drug-likeness (QED) is 0.836. The van der Waals surface area contributed by atoms with Gasteiger partial charge in [0.2, 0.25) is 0 Å². The molecule has 0 aliphatic carbocycles. The summed E-state index contributed by atoms with van der Waals surface area (Å²) in [7, 11) is 0. The summed E-state index contributed by atoms with van der Waals surface area (Å²) >= 11 is 1.46.